The standard InChI is InChI=1S/C13H20N4O3S/c1-2-8-20-11-9(10(14)18)12(21-16-11)15-13(19)17-6-4-3-5-7-17/h2-8H2,1H3,(H2,14,18)(H,15,19). The lowest BCUT2D eigenvalue weighted by Crippen LogP contribution is -2.38. The Bertz CT molecular complexity index is 512. The van der Waals surface area contributed by atoms with Gasteiger partial charge in [-0.1, -0.05) is 6.92 Å². The van der Waals surface area contributed by atoms with Crippen LogP contribution in [0.15, 0.2) is 0 Å². The van der Waals surface area contributed by atoms with Crippen molar-refractivity contribution in [2.24, 2.45) is 5.73 Å². The van der Waals surface area contributed by atoms with Crippen LogP contribution >= 0.6 is 11.5 Å². The van der Waals surface area contributed by atoms with Crippen LogP contribution in [-0.2, 0) is 0 Å². The van der Waals surface area contributed by atoms with Gasteiger partial charge >= 0.3 is 6.03 Å². The third-order valence-corrected chi connectivity index (χ3v) is 3.96. The maximum atomic E-state index is 12.2. The van der Waals surface area contributed by atoms with Crippen LogP contribution in [0.1, 0.15) is 43.0 Å². The van der Waals surface area contributed by atoms with Crippen molar-refractivity contribution in [3.63, 3.8) is 0 Å². The zero-order chi connectivity index (χ0) is 15.2. The predicted molar refractivity (Wildman–Crippen MR) is 80.9 cm³/mol. The van der Waals surface area contributed by atoms with Gasteiger partial charge in [0, 0.05) is 13.1 Å². The molecule has 0 aliphatic carbocycles. The Morgan fingerprint density at radius 1 is 1.38 bits per heavy atom. The molecule has 3 N–H and O–H groups in total. The van der Waals surface area contributed by atoms with Gasteiger partial charge in [0.25, 0.3) is 5.91 Å². The van der Waals surface area contributed by atoms with Gasteiger partial charge in [-0.15, -0.1) is 0 Å². The van der Waals surface area contributed by atoms with Crippen molar-refractivity contribution in [2.75, 3.05) is 25.0 Å². The van der Waals surface area contributed by atoms with E-state index >= 15 is 0 Å². The molecule has 116 valence electrons. The van der Waals surface area contributed by atoms with Crippen LogP contribution in [0.2, 0.25) is 0 Å². The van der Waals surface area contributed by atoms with Gasteiger partial charge in [0.05, 0.1) is 6.61 Å². The smallest absolute Gasteiger partial charge is 0.322 e. The minimum absolute atomic E-state index is 0.152. The summed E-state index contributed by atoms with van der Waals surface area (Å²) < 4.78 is 9.45. The second-order valence-corrected chi connectivity index (χ2v) is 5.66. The number of nitrogens with two attached hydrogens (primary N) is 1. The summed E-state index contributed by atoms with van der Waals surface area (Å²) in [5, 5.41) is 3.07. The maximum Gasteiger partial charge on any atom is 0.322 e. The van der Waals surface area contributed by atoms with E-state index in [9.17, 15) is 9.59 Å². The lowest BCUT2D eigenvalue weighted by molar-refractivity contribution is 0.0997. The number of anilines is 1. The number of rotatable bonds is 5. The van der Waals surface area contributed by atoms with Gasteiger partial charge < -0.3 is 15.4 Å². The Hall–Kier alpha value is -1.83. The summed E-state index contributed by atoms with van der Waals surface area (Å²) in [4.78, 5) is 25.5. The first-order valence-corrected chi connectivity index (χ1v) is 7.89. The maximum absolute atomic E-state index is 12.2. The molecule has 1 aromatic heterocycles. The fraction of sp³-hybridized carbons (Fsp3) is 0.615. The van der Waals surface area contributed by atoms with Crippen LogP contribution in [0, 0.1) is 0 Å². The SMILES string of the molecule is CCCOc1nsc(NC(=O)N2CCCCC2)c1C(N)=O. The fourth-order valence-electron chi connectivity index (χ4n) is 2.15. The number of likely N-dealkylation sites (tertiary alicyclic amines) is 1. The first kappa shape index (κ1) is 15.6. The van der Waals surface area contributed by atoms with Crippen molar-refractivity contribution < 1.29 is 14.3 Å². The molecule has 8 heteroatoms. The number of primary amides is 1. The van der Waals surface area contributed by atoms with E-state index < -0.39 is 5.91 Å². The van der Waals surface area contributed by atoms with E-state index in [0.29, 0.717) is 11.6 Å². The Balaban J connectivity index is 2.09. The number of carbonyl (C=O) groups excluding carboxylic acids is 2. The van der Waals surface area contributed by atoms with E-state index in [1.54, 1.807) is 4.90 Å². The van der Waals surface area contributed by atoms with Gasteiger partial charge in [0.15, 0.2) is 0 Å². The first-order valence-electron chi connectivity index (χ1n) is 7.11. The summed E-state index contributed by atoms with van der Waals surface area (Å²) in [6.45, 7) is 3.87. The van der Waals surface area contributed by atoms with Crippen molar-refractivity contribution in [1.29, 1.82) is 0 Å². The first-order chi connectivity index (χ1) is 10.1. The number of ether oxygens (including phenoxy) is 1. The second-order valence-electron chi connectivity index (χ2n) is 4.88. The molecule has 0 bridgehead atoms. The highest BCUT2D eigenvalue weighted by Crippen LogP contribution is 2.30. The quantitative estimate of drug-likeness (QED) is 0.869. The molecule has 21 heavy (non-hydrogen) atoms. The van der Waals surface area contributed by atoms with Crippen molar-refractivity contribution in [1.82, 2.24) is 9.27 Å². The number of aromatic nitrogens is 1. The van der Waals surface area contributed by atoms with Gasteiger partial charge in [-0.25, -0.2) is 4.79 Å². The van der Waals surface area contributed by atoms with E-state index in [-0.39, 0.29) is 17.5 Å². The van der Waals surface area contributed by atoms with E-state index in [4.69, 9.17) is 10.5 Å². The van der Waals surface area contributed by atoms with Crippen LogP contribution < -0.4 is 15.8 Å². The van der Waals surface area contributed by atoms with Gasteiger partial charge in [0.2, 0.25) is 5.88 Å². The molecule has 0 radical (unpaired) electrons. The molecule has 1 aliphatic rings. The molecule has 2 heterocycles. The Morgan fingerprint density at radius 2 is 2.10 bits per heavy atom. The summed E-state index contributed by atoms with van der Waals surface area (Å²) >= 11 is 1.01. The molecule has 3 amide bonds. The molecule has 0 atom stereocenters. The van der Waals surface area contributed by atoms with Crippen LogP contribution in [0.5, 0.6) is 5.88 Å². The summed E-state index contributed by atoms with van der Waals surface area (Å²) in [7, 11) is 0. The molecular formula is C13H20N4O3S. The highest BCUT2D eigenvalue weighted by Gasteiger charge is 2.24. The largest absolute Gasteiger partial charge is 0.476 e. The van der Waals surface area contributed by atoms with Crippen molar-refractivity contribution in [3.05, 3.63) is 5.56 Å². The van der Waals surface area contributed by atoms with Gasteiger partial charge in [-0.2, -0.15) is 4.37 Å². The monoisotopic (exact) mass is 312 g/mol. The third kappa shape index (κ3) is 3.84. The summed E-state index contributed by atoms with van der Waals surface area (Å²) in [6, 6.07) is -0.220. The molecule has 1 saturated heterocycles. The molecule has 1 fully saturated rings. The average molecular weight is 312 g/mol. The summed E-state index contributed by atoms with van der Waals surface area (Å²) in [5.41, 5.74) is 5.52. The van der Waals surface area contributed by atoms with Crippen LogP contribution in [0.25, 0.3) is 0 Å². The molecule has 2 rings (SSSR count). The van der Waals surface area contributed by atoms with Crippen LogP contribution in [0.4, 0.5) is 9.80 Å². The van der Waals surface area contributed by atoms with Gasteiger partial charge in [-0.05, 0) is 37.2 Å². The number of piperidine rings is 1. The predicted octanol–water partition coefficient (Wildman–Crippen LogP) is 2.05. The zero-order valence-electron chi connectivity index (χ0n) is 12.1. The fourth-order valence-corrected chi connectivity index (χ4v) is 2.88. The summed E-state index contributed by atoms with van der Waals surface area (Å²) in [6.07, 6.45) is 3.95. The number of hydrogen-bond acceptors (Lipinski definition) is 5. The number of nitrogens with zero attached hydrogens (tertiary/aromatic N) is 2. The Morgan fingerprint density at radius 3 is 2.71 bits per heavy atom. The molecule has 0 aromatic carbocycles. The highest BCUT2D eigenvalue weighted by molar-refractivity contribution is 7.11. The lowest BCUT2D eigenvalue weighted by atomic mass is 10.1. The summed E-state index contributed by atoms with van der Waals surface area (Å²) in [5.74, 6) is -0.452. The zero-order valence-corrected chi connectivity index (χ0v) is 12.9. The molecular weight excluding hydrogens is 292 g/mol. The number of amides is 3. The van der Waals surface area contributed by atoms with E-state index in [2.05, 4.69) is 9.69 Å². The van der Waals surface area contributed by atoms with Crippen molar-refractivity contribution >= 4 is 28.5 Å². The van der Waals surface area contributed by atoms with E-state index in [0.717, 1.165) is 50.3 Å². The lowest BCUT2D eigenvalue weighted by Gasteiger charge is -2.26. The number of urea groups is 1. The normalized spacial score (nSPS) is 14.8. The molecule has 0 unspecified atom stereocenters. The molecule has 1 aromatic rings. The number of carbonyl (C=O) groups is 2. The minimum Gasteiger partial charge on any atom is -0.476 e. The number of nitrogens with one attached hydrogen (secondary N) is 1. The Kier molecular flexibility index (Phi) is 5.38. The van der Waals surface area contributed by atoms with E-state index in [1.807, 2.05) is 6.92 Å². The second kappa shape index (κ2) is 7.26. The number of hydrogen-bond donors (Lipinski definition) is 2. The van der Waals surface area contributed by atoms with Crippen LogP contribution in [0.3, 0.4) is 0 Å². The molecule has 7 nitrogen and oxygen atoms in total. The third-order valence-electron chi connectivity index (χ3n) is 3.21. The van der Waals surface area contributed by atoms with Crippen molar-refractivity contribution in [2.45, 2.75) is 32.6 Å². The molecule has 0 spiro atoms. The van der Waals surface area contributed by atoms with Gasteiger partial charge in [-0.3, -0.25) is 10.1 Å². The molecule has 0 saturated carbocycles. The van der Waals surface area contributed by atoms with E-state index in [1.165, 1.54) is 0 Å². The molecule has 1 aliphatic heterocycles. The minimum atomic E-state index is -0.649. The Labute approximate surface area is 127 Å². The highest BCUT2D eigenvalue weighted by atomic mass is 32.1. The topological polar surface area (TPSA) is 97.6 Å². The van der Waals surface area contributed by atoms with Crippen LogP contribution in [-0.4, -0.2) is 40.9 Å². The van der Waals surface area contributed by atoms with Gasteiger partial charge in [0.1, 0.15) is 10.6 Å². The van der Waals surface area contributed by atoms with Crippen molar-refractivity contribution in [3.8, 4) is 5.88 Å². The average Bonchev–Trinajstić information content (AvgIpc) is 2.88.